The minimum absolute atomic E-state index is 0.110. The molecule has 0 saturated carbocycles. The van der Waals surface area contributed by atoms with Crippen LogP contribution in [0.3, 0.4) is 0 Å². The van der Waals surface area contributed by atoms with Crippen molar-refractivity contribution in [3.8, 4) is 0 Å². The van der Waals surface area contributed by atoms with Gasteiger partial charge in [-0.25, -0.2) is 14.8 Å². The Morgan fingerprint density at radius 1 is 1.21 bits per heavy atom. The molecule has 0 aliphatic heterocycles. The zero-order valence-corrected chi connectivity index (χ0v) is 10.3. The average Bonchev–Trinajstić information content (AvgIpc) is 2.81. The van der Waals surface area contributed by atoms with Crippen LogP contribution >= 0.6 is 11.8 Å². The van der Waals surface area contributed by atoms with E-state index in [0.29, 0.717) is 15.8 Å². The van der Waals surface area contributed by atoms with Crippen LogP contribution in [0.15, 0.2) is 51.3 Å². The number of fused-ring (bicyclic) bond motifs is 1. The topological polar surface area (TPSA) is 89.1 Å². The van der Waals surface area contributed by atoms with Gasteiger partial charge in [0.25, 0.3) is 5.22 Å². The van der Waals surface area contributed by atoms with Gasteiger partial charge in [-0.05, 0) is 23.9 Å². The van der Waals surface area contributed by atoms with E-state index < -0.39 is 5.97 Å². The molecule has 19 heavy (non-hydrogen) atoms. The second-order valence-electron chi connectivity index (χ2n) is 3.60. The van der Waals surface area contributed by atoms with Gasteiger partial charge in [-0.1, -0.05) is 12.1 Å². The van der Waals surface area contributed by atoms with Gasteiger partial charge in [0, 0.05) is 0 Å². The highest BCUT2D eigenvalue weighted by molar-refractivity contribution is 7.99. The van der Waals surface area contributed by atoms with Gasteiger partial charge in [0.1, 0.15) is 10.5 Å². The monoisotopic (exact) mass is 273 g/mol. The lowest BCUT2D eigenvalue weighted by molar-refractivity contribution is 0.0689. The van der Waals surface area contributed by atoms with Gasteiger partial charge in [0.2, 0.25) is 0 Å². The summed E-state index contributed by atoms with van der Waals surface area (Å²) in [6.07, 6.45) is 2.66. The summed E-state index contributed by atoms with van der Waals surface area (Å²) in [5.74, 6) is -1.12. The van der Waals surface area contributed by atoms with Gasteiger partial charge in [-0.15, -0.1) is 0 Å². The number of carboxylic acids is 1. The van der Waals surface area contributed by atoms with Crippen LogP contribution in [0.1, 0.15) is 10.5 Å². The van der Waals surface area contributed by atoms with Crippen molar-refractivity contribution in [3.05, 3.63) is 42.4 Å². The van der Waals surface area contributed by atoms with E-state index in [1.165, 1.54) is 12.4 Å². The number of hydrogen-bond donors (Lipinski definition) is 1. The maximum Gasteiger partial charge on any atom is 0.356 e. The van der Waals surface area contributed by atoms with Crippen LogP contribution in [-0.4, -0.2) is 26.0 Å². The number of hydrogen-bond acceptors (Lipinski definition) is 6. The van der Waals surface area contributed by atoms with Crippen molar-refractivity contribution in [1.82, 2.24) is 15.0 Å². The molecule has 3 aromatic rings. The Bertz CT molecular complexity index is 724. The number of aromatic carboxylic acids is 1. The third-order valence-corrected chi connectivity index (χ3v) is 3.05. The molecule has 2 heterocycles. The van der Waals surface area contributed by atoms with Gasteiger partial charge in [-0.3, -0.25) is 4.98 Å². The normalized spacial score (nSPS) is 10.7. The molecule has 0 aliphatic carbocycles. The van der Waals surface area contributed by atoms with Crippen molar-refractivity contribution < 1.29 is 14.3 Å². The molecule has 0 spiro atoms. The third-order valence-electron chi connectivity index (χ3n) is 2.30. The van der Waals surface area contributed by atoms with E-state index >= 15 is 0 Å². The summed E-state index contributed by atoms with van der Waals surface area (Å²) in [7, 11) is 0. The molecule has 94 valence electrons. The minimum Gasteiger partial charge on any atom is -0.476 e. The molecule has 3 rings (SSSR count). The van der Waals surface area contributed by atoms with Crippen LogP contribution in [-0.2, 0) is 0 Å². The van der Waals surface area contributed by atoms with Crippen molar-refractivity contribution in [3.63, 3.8) is 0 Å². The van der Waals surface area contributed by atoms with E-state index in [0.717, 1.165) is 17.3 Å². The Balaban J connectivity index is 1.92. The first-order valence-electron chi connectivity index (χ1n) is 5.31. The number of aromatic nitrogens is 3. The predicted molar refractivity (Wildman–Crippen MR) is 67.1 cm³/mol. The predicted octanol–water partition coefficient (Wildman–Crippen LogP) is 2.47. The quantitative estimate of drug-likeness (QED) is 0.783. The summed E-state index contributed by atoms with van der Waals surface area (Å²) in [6.45, 7) is 0. The molecule has 0 bridgehead atoms. The summed E-state index contributed by atoms with van der Waals surface area (Å²) >= 11 is 1.13. The first-order valence-corrected chi connectivity index (χ1v) is 6.13. The van der Waals surface area contributed by atoms with E-state index in [2.05, 4.69) is 15.0 Å². The van der Waals surface area contributed by atoms with Crippen molar-refractivity contribution in [2.24, 2.45) is 0 Å². The Kier molecular flexibility index (Phi) is 2.88. The van der Waals surface area contributed by atoms with Gasteiger partial charge < -0.3 is 9.52 Å². The fourth-order valence-corrected chi connectivity index (χ4v) is 2.20. The number of carboxylic acid groups (broad SMARTS) is 1. The van der Waals surface area contributed by atoms with Crippen LogP contribution in [0.2, 0.25) is 0 Å². The maximum absolute atomic E-state index is 10.8. The number of benzene rings is 1. The second-order valence-corrected chi connectivity index (χ2v) is 4.57. The molecule has 0 saturated heterocycles. The molecule has 0 unspecified atom stereocenters. The zero-order valence-electron chi connectivity index (χ0n) is 9.48. The SMILES string of the molecule is O=C(O)c1cncc(Sc2nc3ccccc3o2)n1. The standard InChI is InChI=1S/C12H7N3O3S/c16-11(17)8-5-13-6-10(14-8)19-12-15-7-3-1-2-4-9(7)18-12/h1-6H,(H,16,17). The number of nitrogens with zero attached hydrogens (tertiary/aromatic N) is 3. The lowest BCUT2D eigenvalue weighted by Crippen LogP contribution is -2.01. The van der Waals surface area contributed by atoms with Crippen LogP contribution in [0.5, 0.6) is 0 Å². The molecule has 6 nitrogen and oxygen atoms in total. The summed E-state index contributed by atoms with van der Waals surface area (Å²) in [5, 5.41) is 9.66. The molecule has 2 aromatic heterocycles. The molecular formula is C12H7N3O3S. The van der Waals surface area contributed by atoms with Crippen LogP contribution in [0.25, 0.3) is 11.1 Å². The van der Waals surface area contributed by atoms with Crippen molar-refractivity contribution in [1.29, 1.82) is 0 Å². The van der Waals surface area contributed by atoms with Gasteiger partial charge in [-0.2, -0.15) is 0 Å². The molecule has 0 fully saturated rings. The van der Waals surface area contributed by atoms with Crippen molar-refractivity contribution in [2.75, 3.05) is 0 Å². The summed E-state index contributed by atoms with van der Waals surface area (Å²) in [5.41, 5.74) is 1.31. The molecule has 0 aliphatic rings. The Morgan fingerprint density at radius 2 is 2.05 bits per heavy atom. The fraction of sp³-hybridized carbons (Fsp3) is 0. The van der Waals surface area contributed by atoms with Gasteiger partial charge >= 0.3 is 5.97 Å². The van der Waals surface area contributed by atoms with Gasteiger partial charge in [0.15, 0.2) is 11.3 Å². The Hall–Kier alpha value is -2.41. The Labute approximate surface area is 111 Å². The molecule has 1 N–H and O–H groups in total. The smallest absolute Gasteiger partial charge is 0.356 e. The molecule has 7 heteroatoms. The van der Waals surface area contributed by atoms with E-state index in [4.69, 9.17) is 9.52 Å². The van der Waals surface area contributed by atoms with E-state index in [9.17, 15) is 4.79 Å². The maximum atomic E-state index is 10.8. The highest BCUT2D eigenvalue weighted by Crippen LogP contribution is 2.28. The highest BCUT2D eigenvalue weighted by Gasteiger charge is 2.11. The van der Waals surface area contributed by atoms with Gasteiger partial charge in [0.05, 0.1) is 12.4 Å². The van der Waals surface area contributed by atoms with Crippen molar-refractivity contribution in [2.45, 2.75) is 10.2 Å². The number of carbonyl (C=O) groups is 1. The van der Waals surface area contributed by atoms with Crippen molar-refractivity contribution >= 4 is 28.8 Å². The largest absolute Gasteiger partial charge is 0.476 e. The third kappa shape index (κ3) is 2.41. The van der Waals surface area contributed by atoms with E-state index in [1.54, 1.807) is 0 Å². The van der Waals surface area contributed by atoms with E-state index in [1.807, 2.05) is 24.3 Å². The highest BCUT2D eigenvalue weighted by atomic mass is 32.2. The molecule has 0 amide bonds. The molecular weight excluding hydrogens is 266 g/mol. The average molecular weight is 273 g/mol. The van der Waals surface area contributed by atoms with E-state index in [-0.39, 0.29) is 5.69 Å². The minimum atomic E-state index is -1.12. The second kappa shape index (κ2) is 4.69. The first kappa shape index (κ1) is 11.7. The van der Waals surface area contributed by atoms with Crippen LogP contribution < -0.4 is 0 Å². The summed E-state index contributed by atoms with van der Waals surface area (Å²) in [6, 6.07) is 7.37. The number of oxazole rings is 1. The number of para-hydroxylation sites is 2. The fourth-order valence-electron chi connectivity index (χ4n) is 1.48. The van der Waals surface area contributed by atoms with Crippen LogP contribution in [0, 0.1) is 0 Å². The molecule has 1 aromatic carbocycles. The zero-order chi connectivity index (χ0) is 13.2. The van der Waals surface area contributed by atoms with Crippen LogP contribution in [0.4, 0.5) is 0 Å². The lowest BCUT2D eigenvalue weighted by Gasteiger charge is -1.96. The summed E-state index contributed by atoms with van der Waals surface area (Å²) in [4.78, 5) is 22.8. The first-order chi connectivity index (χ1) is 9.22. The number of rotatable bonds is 3. The summed E-state index contributed by atoms with van der Waals surface area (Å²) < 4.78 is 5.51. The molecule has 0 radical (unpaired) electrons. The molecule has 0 atom stereocenters. The lowest BCUT2D eigenvalue weighted by atomic mass is 10.3. The Morgan fingerprint density at radius 3 is 2.84 bits per heavy atom.